The molecule has 190 valence electrons. The quantitative estimate of drug-likeness (QED) is 0.218. The Morgan fingerprint density at radius 1 is 0.919 bits per heavy atom. The second kappa shape index (κ2) is 11.0. The van der Waals surface area contributed by atoms with Gasteiger partial charge in [-0.1, -0.05) is 56.3 Å². The Morgan fingerprint density at radius 3 is 2.30 bits per heavy atom. The first-order chi connectivity index (χ1) is 17.7. The van der Waals surface area contributed by atoms with E-state index in [0.29, 0.717) is 29.6 Å². The minimum atomic E-state index is -0.548. The number of nitrogens with one attached hydrogen (secondary N) is 1. The number of aromatic nitrogens is 1. The second-order valence-electron chi connectivity index (χ2n) is 9.46. The zero-order valence-corrected chi connectivity index (χ0v) is 20.7. The van der Waals surface area contributed by atoms with Crippen molar-refractivity contribution in [3.63, 3.8) is 0 Å². The minimum Gasteiger partial charge on any atom is -0.356 e. The number of non-ortho nitro benzene ring substituents is 2. The van der Waals surface area contributed by atoms with Crippen LogP contribution in [0.5, 0.6) is 0 Å². The van der Waals surface area contributed by atoms with E-state index in [1.807, 2.05) is 54.9 Å². The summed E-state index contributed by atoms with van der Waals surface area (Å²) in [5.41, 5.74) is 2.99. The molecule has 0 fully saturated rings. The zero-order chi connectivity index (χ0) is 26.5. The summed E-state index contributed by atoms with van der Waals surface area (Å²) >= 11 is 0. The van der Waals surface area contributed by atoms with E-state index < -0.39 is 15.8 Å². The van der Waals surface area contributed by atoms with E-state index in [-0.39, 0.29) is 29.6 Å². The Kier molecular flexibility index (Phi) is 7.62. The maximum Gasteiger partial charge on any atom is 0.270 e. The van der Waals surface area contributed by atoms with Crippen molar-refractivity contribution < 1.29 is 14.6 Å². The minimum absolute atomic E-state index is 0.0427. The van der Waals surface area contributed by atoms with Gasteiger partial charge in [-0.15, -0.1) is 0 Å². The first-order valence-electron chi connectivity index (χ1n) is 12.0. The van der Waals surface area contributed by atoms with Gasteiger partial charge in [0.1, 0.15) is 0 Å². The van der Waals surface area contributed by atoms with Crippen LogP contribution >= 0.6 is 0 Å². The molecule has 0 saturated carbocycles. The van der Waals surface area contributed by atoms with Crippen molar-refractivity contribution in [2.24, 2.45) is 5.92 Å². The number of hydrogen-bond acceptors (Lipinski definition) is 5. The molecular weight excluding hydrogens is 472 g/mol. The summed E-state index contributed by atoms with van der Waals surface area (Å²) in [6.07, 6.45) is 1.95. The maximum absolute atomic E-state index is 13.0. The first-order valence-corrected chi connectivity index (χ1v) is 12.0. The number of hydrogen-bond donors (Lipinski definition) is 1. The molecule has 3 aromatic carbocycles. The lowest BCUT2D eigenvalue weighted by Crippen LogP contribution is -2.28. The molecule has 9 nitrogen and oxygen atoms in total. The van der Waals surface area contributed by atoms with Crippen LogP contribution in [0, 0.1) is 26.1 Å². The zero-order valence-electron chi connectivity index (χ0n) is 20.7. The molecule has 1 amide bonds. The molecule has 1 atom stereocenters. The molecule has 0 aliphatic rings. The third-order valence-corrected chi connectivity index (χ3v) is 6.26. The molecule has 9 heteroatoms. The van der Waals surface area contributed by atoms with Crippen LogP contribution in [0.3, 0.4) is 0 Å². The summed E-state index contributed by atoms with van der Waals surface area (Å²) in [4.78, 5) is 35.2. The van der Waals surface area contributed by atoms with E-state index >= 15 is 0 Å². The Balaban J connectivity index is 1.87. The number of carbonyl (C=O) groups is 1. The summed E-state index contributed by atoms with van der Waals surface area (Å²) in [5, 5.41) is 26.7. The van der Waals surface area contributed by atoms with Crippen LogP contribution in [0.1, 0.15) is 42.9 Å². The lowest BCUT2D eigenvalue weighted by molar-refractivity contribution is -0.385. The molecule has 4 rings (SSSR count). The first kappa shape index (κ1) is 25.6. The van der Waals surface area contributed by atoms with Gasteiger partial charge in [-0.05, 0) is 28.7 Å². The Morgan fingerprint density at radius 2 is 1.62 bits per heavy atom. The van der Waals surface area contributed by atoms with Crippen molar-refractivity contribution >= 4 is 28.2 Å². The summed E-state index contributed by atoms with van der Waals surface area (Å²) < 4.78 is 2.00. The van der Waals surface area contributed by atoms with Gasteiger partial charge >= 0.3 is 0 Å². The molecule has 4 aromatic rings. The fourth-order valence-electron chi connectivity index (χ4n) is 4.45. The Labute approximate surface area is 214 Å². The van der Waals surface area contributed by atoms with Crippen LogP contribution in [0.2, 0.25) is 0 Å². The monoisotopic (exact) mass is 500 g/mol. The van der Waals surface area contributed by atoms with Gasteiger partial charge in [0.05, 0.1) is 9.85 Å². The fraction of sp³-hybridized carbons (Fsp3) is 0.250. The standard InChI is InChI=1S/C28H28N4O5/c1-19(2)16-29-28(33)15-24(21-9-6-10-22(13-21)31(34)35)26-18-30(17-20-7-4-3-5-8-20)27-12-11-23(32(36)37)14-25(26)27/h3-14,18-19,24H,15-17H2,1-2H3,(H,29,33)/t24-/m0/s1. The van der Waals surface area contributed by atoms with Gasteiger partial charge in [0, 0.05) is 66.8 Å². The molecule has 0 aliphatic carbocycles. The highest BCUT2D eigenvalue weighted by atomic mass is 16.6. The van der Waals surface area contributed by atoms with Gasteiger partial charge in [-0.3, -0.25) is 25.0 Å². The molecular formula is C28H28N4O5. The number of fused-ring (bicyclic) bond motifs is 1. The predicted octanol–water partition coefficient (Wildman–Crippen LogP) is 5.80. The number of nitro groups is 2. The van der Waals surface area contributed by atoms with E-state index in [9.17, 15) is 25.0 Å². The van der Waals surface area contributed by atoms with Crippen LogP contribution in [-0.2, 0) is 11.3 Å². The lowest BCUT2D eigenvalue weighted by Gasteiger charge is -2.18. The third kappa shape index (κ3) is 6.00. The molecule has 0 unspecified atom stereocenters. The normalized spacial score (nSPS) is 12.0. The van der Waals surface area contributed by atoms with Crippen LogP contribution in [0.4, 0.5) is 11.4 Å². The molecule has 1 aromatic heterocycles. The highest BCUT2D eigenvalue weighted by Crippen LogP contribution is 2.37. The summed E-state index contributed by atoms with van der Waals surface area (Å²) in [6.45, 7) is 5.02. The number of nitro benzene ring substituents is 2. The molecule has 0 radical (unpaired) electrons. The van der Waals surface area contributed by atoms with E-state index in [2.05, 4.69) is 5.32 Å². The van der Waals surface area contributed by atoms with Crippen LogP contribution in [-0.4, -0.2) is 26.9 Å². The van der Waals surface area contributed by atoms with Crippen molar-refractivity contribution in [1.29, 1.82) is 0 Å². The van der Waals surface area contributed by atoms with Crippen LogP contribution in [0.25, 0.3) is 10.9 Å². The van der Waals surface area contributed by atoms with Crippen molar-refractivity contribution in [2.75, 3.05) is 6.54 Å². The Hall–Kier alpha value is -4.53. The number of rotatable bonds is 10. The van der Waals surface area contributed by atoms with E-state index in [1.165, 1.54) is 24.3 Å². The highest BCUT2D eigenvalue weighted by Gasteiger charge is 2.25. The van der Waals surface area contributed by atoms with Crippen molar-refractivity contribution in [1.82, 2.24) is 9.88 Å². The van der Waals surface area contributed by atoms with Crippen LogP contribution < -0.4 is 5.32 Å². The van der Waals surface area contributed by atoms with Gasteiger partial charge < -0.3 is 9.88 Å². The second-order valence-corrected chi connectivity index (χ2v) is 9.46. The number of amides is 1. The molecule has 1 N–H and O–H groups in total. The van der Waals surface area contributed by atoms with E-state index in [1.54, 1.807) is 18.2 Å². The molecule has 37 heavy (non-hydrogen) atoms. The van der Waals surface area contributed by atoms with Crippen LogP contribution in [0.15, 0.2) is 79.0 Å². The maximum atomic E-state index is 13.0. The SMILES string of the molecule is CC(C)CNC(=O)C[C@@H](c1cccc([N+](=O)[O-])c1)c1cn(Cc2ccccc2)c2ccc([N+](=O)[O-])cc12. The molecule has 0 saturated heterocycles. The molecule has 0 spiro atoms. The summed E-state index contributed by atoms with van der Waals surface area (Å²) in [5.74, 6) is -0.483. The van der Waals surface area contributed by atoms with Crippen molar-refractivity contribution in [3.05, 3.63) is 116 Å². The molecule has 0 aliphatic heterocycles. The number of nitrogens with zero attached hydrogens (tertiary/aromatic N) is 3. The van der Waals surface area contributed by atoms with Crippen molar-refractivity contribution in [3.8, 4) is 0 Å². The van der Waals surface area contributed by atoms with Gasteiger partial charge in [0.2, 0.25) is 5.91 Å². The van der Waals surface area contributed by atoms with Gasteiger partial charge in [-0.25, -0.2) is 0 Å². The van der Waals surface area contributed by atoms with E-state index in [0.717, 1.165) is 11.1 Å². The average molecular weight is 501 g/mol. The van der Waals surface area contributed by atoms with Gasteiger partial charge in [0.25, 0.3) is 11.4 Å². The molecule has 1 heterocycles. The Bertz CT molecular complexity index is 1450. The molecule has 0 bridgehead atoms. The van der Waals surface area contributed by atoms with Crippen molar-refractivity contribution in [2.45, 2.75) is 32.7 Å². The smallest absolute Gasteiger partial charge is 0.270 e. The third-order valence-electron chi connectivity index (χ3n) is 6.26. The lowest BCUT2D eigenvalue weighted by atomic mass is 9.87. The van der Waals surface area contributed by atoms with E-state index in [4.69, 9.17) is 0 Å². The predicted molar refractivity (Wildman–Crippen MR) is 142 cm³/mol. The number of benzene rings is 3. The average Bonchev–Trinajstić information content (AvgIpc) is 3.23. The number of carbonyl (C=O) groups excluding carboxylic acids is 1. The summed E-state index contributed by atoms with van der Waals surface area (Å²) in [6, 6.07) is 20.7. The highest BCUT2D eigenvalue weighted by molar-refractivity contribution is 5.88. The van der Waals surface area contributed by atoms with Gasteiger partial charge in [-0.2, -0.15) is 0 Å². The fourth-order valence-corrected chi connectivity index (χ4v) is 4.45. The topological polar surface area (TPSA) is 120 Å². The largest absolute Gasteiger partial charge is 0.356 e. The van der Waals surface area contributed by atoms with Gasteiger partial charge in [0.15, 0.2) is 0 Å². The summed E-state index contributed by atoms with van der Waals surface area (Å²) in [7, 11) is 0.